The van der Waals surface area contributed by atoms with Crippen molar-refractivity contribution in [2.45, 2.75) is 38.9 Å². The molecule has 0 aromatic rings. The Bertz CT molecular complexity index is 277. The number of hydrogen-bond acceptors (Lipinski definition) is 4. The molecule has 0 spiro atoms. The first-order valence-corrected chi connectivity index (χ1v) is 6.93. The zero-order valence-electron chi connectivity index (χ0n) is 9.05. The number of hydrogen-bond donors (Lipinski definition) is 0. The highest BCUT2D eigenvalue weighted by Crippen LogP contribution is 2.65. The summed E-state index contributed by atoms with van der Waals surface area (Å²) in [6, 6.07) is 0. The Morgan fingerprint density at radius 3 is 2.43 bits per heavy atom. The van der Waals surface area contributed by atoms with Crippen LogP contribution in [0.3, 0.4) is 0 Å². The molecule has 0 aliphatic heterocycles. The van der Waals surface area contributed by atoms with Gasteiger partial charge in [0, 0.05) is 10.2 Å². The summed E-state index contributed by atoms with van der Waals surface area (Å²) in [5, 5.41) is 0. The predicted octanol–water partition coefficient (Wildman–Crippen LogP) is 3.52. The van der Waals surface area contributed by atoms with E-state index in [0.717, 1.165) is 15.7 Å². The minimum absolute atomic E-state index is 0.0537. The maximum Gasteiger partial charge on any atom is 0.137 e. The van der Waals surface area contributed by atoms with Gasteiger partial charge in [0.2, 0.25) is 0 Å². The Morgan fingerprint density at radius 1 is 1.50 bits per heavy atom. The molecule has 0 N–H and O–H groups in total. The van der Waals surface area contributed by atoms with Crippen LogP contribution >= 0.6 is 35.7 Å². The predicted molar refractivity (Wildman–Crippen MR) is 70.1 cm³/mol. The second-order valence-electron chi connectivity index (χ2n) is 4.08. The van der Waals surface area contributed by atoms with Crippen LogP contribution in [0.25, 0.3) is 0 Å². The molecule has 1 rings (SSSR count). The second kappa shape index (κ2) is 4.14. The highest BCUT2D eigenvalue weighted by molar-refractivity contribution is 8.47. The number of carbonyl (C=O) groups excluding carboxylic acids is 1. The van der Waals surface area contributed by atoms with E-state index < -0.39 is 0 Å². The van der Waals surface area contributed by atoms with Crippen molar-refractivity contribution in [3.63, 3.8) is 0 Å². The van der Waals surface area contributed by atoms with Gasteiger partial charge in [0.1, 0.15) is 9.31 Å². The van der Waals surface area contributed by atoms with Gasteiger partial charge in [-0.15, -0.1) is 23.5 Å². The number of Topliss-reactive ketones (excluding diaryl/α,β-unsaturated/α-hetero) is 1. The molecule has 0 bridgehead atoms. The van der Waals surface area contributed by atoms with Gasteiger partial charge < -0.3 is 0 Å². The molecule has 1 aliphatic rings. The lowest BCUT2D eigenvalue weighted by atomic mass is 10.0. The van der Waals surface area contributed by atoms with Crippen LogP contribution in [0.1, 0.15) is 34.1 Å². The van der Waals surface area contributed by atoms with Crippen molar-refractivity contribution in [3.8, 4) is 0 Å². The van der Waals surface area contributed by atoms with Crippen molar-refractivity contribution in [2.75, 3.05) is 5.75 Å². The molecule has 14 heavy (non-hydrogen) atoms. The first kappa shape index (κ1) is 12.5. The summed E-state index contributed by atoms with van der Waals surface area (Å²) in [7, 11) is 0. The molecule has 0 aromatic heterocycles. The average Bonchev–Trinajstić information content (AvgIpc) is 2.55. The second-order valence-corrected chi connectivity index (χ2v) is 8.05. The molecule has 0 radical (unpaired) electrons. The van der Waals surface area contributed by atoms with Crippen molar-refractivity contribution in [3.05, 3.63) is 0 Å². The first-order valence-electron chi connectivity index (χ1n) is 4.72. The average molecular weight is 248 g/mol. The Hall–Kier alpha value is 0.460. The van der Waals surface area contributed by atoms with Crippen LogP contribution in [0.4, 0.5) is 0 Å². The zero-order chi connectivity index (χ0) is 11.0. The minimum Gasteiger partial charge on any atom is -0.299 e. The van der Waals surface area contributed by atoms with E-state index >= 15 is 0 Å². The fourth-order valence-electron chi connectivity index (χ4n) is 1.61. The highest BCUT2D eigenvalue weighted by Gasteiger charge is 2.65. The van der Waals surface area contributed by atoms with Crippen molar-refractivity contribution >= 4 is 45.1 Å². The largest absolute Gasteiger partial charge is 0.299 e. The van der Waals surface area contributed by atoms with Gasteiger partial charge in [0.25, 0.3) is 0 Å². The standard InChI is InChI=1S/C10H16OS3/c1-5-13-8(12)14-10(4)6-9(10,3)7(2)11/h5-6H2,1-4H3. The Kier molecular flexibility index (Phi) is 3.71. The summed E-state index contributed by atoms with van der Waals surface area (Å²) in [6.45, 7) is 7.96. The Balaban J connectivity index is 2.56. The fraction of sp³-hybridized carbons (Fsp3) is 0.800. The summed E-state index contributed by atoms with van der Waals surface area (Å²) >= 11 is 8.64. The molecule has 80 valence electrons. The number of carbonyl (C=O) groups is 1. The van der Waals surface area contributed by atoms with Gasteiger partial charge in [-0.25, -0.2) is 0 Å². The Labute approximate surface area is 99.8 Å². The molecule has 2 unspecified atom stereocenters. The summed E-state index contributed by atoms with van der Waals surface area (Å²) in [6.07, 6.45) is 0.963. The van der Waals surface area contributed by atoms with Crippen LogP contribution in [0, 0.1) is 5.41 Å². The maximum absolute atomic E-state index is 11.4. The quantitative estimate of drug-likeness (QED) is 0.711. The van der Waals surface area contributed by atoms with E-state index in [9.17, 15) is 4.79 Å². The van der Waals surface area contributed by atoms with Crippen LogP contribution in [0.15, 0.2) is 0 Å². The normalized spacial score (nSPS) is 35.4. The summed E-state index contributed by atoms with van der Waals surface area (Å²) in [5.41, 5.74) is -0.143. The molecule has 0 aromatic carbocycles. The topological polar surface area (TPSA) is 17.1 Å². The molecule has 1 fully saturated rings. The van der Waals surface area contributed by atoms with E-state index in [1.165, 1.54) is 0 Å². The van der Waals surface area contributed by atoms with Crippen LogP contribution in [-0.4, -0.2) is 19.8 Å². The zero-order valence-corrected chi connectivity index (χ0v) is 11.5. The lowest BCUT2D eigenvalue weighted by Gasteiger charge is -2.15. The third-order valence-corrected chi connectivity index (χ3v) is 6.02. The minimum atomic E-state index is -0.143. The molecule has 2 atom stereocenters. The first-order chi connectivity index (χ1) is 6.35. The van der Waals surface area contributed by atoms with Crippen molar-refractivity contribution in [1.82, 2.24) is 0 Å². The van der Waals surface area contributed by atoms with E-state index in [1.54, 1.807) is 30.4 Å². The van der Waals surface area contributed by atoms with E-state index in [0.29, 0.717) is 0 Å². The van der Waals surface area contributed by atoms with Crippen molar-refractivity contribution in [1.29, 1.82) is 0 Å². The van der Waals surface area contributed by atoms with Crippen LogP contribution in [-0.2, 0) is 4.79 Å². The number of thioether (sulfide) groups is 2. The SMILES string of the molecule is CCSC(=S)SC1(C)CC1(C)C(C)=O. The van der Waals surface area contributed by atoms with Crippen LogP contribution < -0.4 is 0 Å². The van der Waals surface area contributed by atoms with Gasteiger partial charge in [-0.1, -0.05) is 26.1 Å². The Morgan fingerprint density at radius 2 is 2.07 bits per heavy atom. The van der Waals surface area contributed by atoms with Gasteiger partial charge in [-0.3, -0.25) is 4.79 Å². The molecule has 0 heterocycles. The van der Waals surface area contributed by atoms with E-state index in [4.69, 9.17) is 12.2 Å². The summed E-state index contributed by atoms with van der Waals surface area (Å²) < 4.78 is 1.03. The highest BCUT2D eigenvalue weighted by atomic mass is 32.2. The molecular weight excluding hydrogens is 232 g/mol. The van der Waals surface area contributed by atoms with Crippen LogP contribution in [0.5, 0.6) is 0 Å². The number of rotatable bonds is 3. The smallest absolute Gasteiger partial charge is 0.137 e. The van der Waals surface area contributed by atoms with E-state index in [2.05, 4.69) is 13.8 Å². The lowest BCUT2D eigenvalue weighted by molar-refractivity contribution is -0.121. The van der Waals surface area contributed by atoms with Gasteiger partial charge >= 0.3 is 0 Å². The molecule has 4 heteroatoms. The molecule has 1 saturated carbocycles. The van der Waals surface area contributed by atoms with Gasteiger partial charge in [0.15, 0.2) is 0 Å². The summed E-state index contributed by atoms with van der Waals surface area (Å²) in [5.74, 6) is 1.30. The van der Waals surface area contributed by atoms with Gasteiger partial charge in [0.05, 0.1) is 0 Å². The monoisotopic (exact) mass is 248 g/mol. The molecule has 1 nitrogen and oxygen atoms in total. The molecule has 0 amide bonds. The molecule has 1 aliphatic carbocycles. The van der Waals surface area contributed by atoms with E-state index in [-0.39, 0.29) is 15.9 Å². The van der Waals surface area contributed by atoms with Gasteiger partial charge in [-0.05, 0) is 26.0 Å². The van der Waals surface area contributed by atoms with Crippen LogP contribution in [0.2, 0.25) is 0 Å². The van der Waals surface area contributed by atoms with E-state index in [1.807, 2.05) is 6.92 Å². The molecular formula is C10H16OS3. The van der Waals surface area contributed by atoms with Gasteiger partial charge in [-0.2, -0.15) is 0 Å². The number of thiocarbonyl (C=S) groups is 1. The number of ketones is 1. The summed E-state index contributed by atoms with van der Waals surface area (Å²) in [4.78, 5) is 11.4. The third kappa shape index (κ3) is 2.17. The van der Waals surface area contributed by atoms with Crippen molar-refractivity contribution in [2.24, 2.45) is 5.41 Å². The van der Waals surface area contributed by atoms with Crippen molar-refractivity contribution < 1.29 is 4.79 Å². The fourth-order valence-corrected chi connectivity index (χ4v) is 4.99. The lowest BCUT2D eigenvalue weighted by Crippen LogP contribution is -2.18. The maximum atomic E-state index is 11.4. The molecule has 0 saturated heterocycles. The third-order valence-electron chi connectivity index (χ3n) is 3.08.